The van der Waals surface area contributed by atoms with Gasteiger partial charge in [0.15, 0.2) is 0 Å². The molecule has 1 saturated carbocycles. The number of ether oxygens (including phenoxy) is 1. The van der Waals surface area contributed by atoms with Gasteiger partial charge in [0.1, 0.15) is 0 Å². The van der Waals surface area contributed by atoms with Gasteiger partial charge in [-0.3, -0.25) is 0 Å². The number of aliphatic hydroxyl groups is 1. The van der Waals surface area contributed by atoms with Crippen LogP contribution in [0.2, 0.25) is 0 Å². The SMILES string of the molecule is CC1COC(CO)CN1c1cc(Br)ccc1CNC1CC1. The van der Waals surface area contributed by atoms with Crippen LogP contribution < -0.4 is 10.2 Å². The first-order chi connectivity index (χ1) is 10.2. The van der Waals surface area contributed by atoms with Gasteiger partial charge in [0.05, 0.1) is 19.3 Å². The number of nitrogens with zero attached hydrogens (tertiary/aromatic N) is 1. The van der Waals surface area contributed by atoms with Gasteiger partial charge in [-0.1, -0.05) is 22.0 Å². The Morgan fingerprint density at radius 2 is 2.24 bits per heavy atom. The molecule has 2 N–H and O–H groups in total. The first-order valence-corrected chi connectivity index (χ1v) is 8.47. The lowest BCUT2D eigenvalue weighted by Gasteiger charge is -2.40. The first kappa shape index (κ1) is 15.3. The summed E-state index contributed by atoms with van der Waals surface area (Å²) in [4.78, 5) is 2.36. The highest BCUT2D eigenvalue weighted by molar-refractivity contribution is 9.10. The molecule has 0 bridgehead atoms. The summed E-state index contributed by atoms with van der Waals surface area (Å²) in [5.74, 6) is 0. The summed E-state index contributed by atoms with van der Waals surface area (Å²) in [6, 6.07) is 7.49. The summed E-state index contributed by atoms with van der Waals surface area (Å²) in [6.45, 7) is 4.55. The van der Waals surface area contributed by atoms with E-state index >= 15 is 0 Å². The zero-order valence-corrected chi connectivity index (χ0v) is 14.0. The van der Waals surface area contributed by atoms with Gasteiger partial charge in [-0.15, -0.1) is 0 Å². The molecule has 0 aromatic heterocycles. The molecule has 2 unspecified atom stereocenters. The second kappa shape index (κ2) is 6.65. The Kier molecular flexibility index (Phi) is 4.84. The molecule has 1 aromatic rings. The summed E-state index contributed by atoms with van der Waals surface area (Å²) >= 11 is 3.58. The van der Waals surface area contributed by atoms with Crippen LogP contribution in [0.4, 0.5) is 5.69 Å². The molecule has 2 atom stereocenters. The molecule has 5 heteroatoms. The number of morpholine rings is 1. The predicted molar refractivity (Wildman–Crippen MR) is 87.6 cm³/mol. The maximum Gasteiger partial charge on any atom is 0.0981 e. The number of nitrogens with one attached hydrogen (secondary N) is 1. The second-order valence-corrected chi connectivity index (χ2v) is 6.98. The van der Waals surface area contributed by atoms with Crippen LogP contribution in [0, 0.1) is 0 Å². The van der Waals surface area contributed by atoms with E-state index in [0.717, 1.165) is 17.6 Å². The second-order valence-electron chi connectivity index (χ2n) is 6.07. The lowest BCUT2D eigenvalue weighted by atomic mass is 10.1. The smallest absolute Gasteiger partial charge is 0.0981 e. The third-order valence-electron chi connectivity index (χ3n) is 4.22. The minimum Gasteiger partial charge on any atom is -0.394 e. The zero-order chi connectivity index (χ0) is 14.8. The Bertz CT molecular complexity index is 493. The quantitative estimate of drug-likeness (QED) is 0.851. The van der Waals surface area contributed by atoms with Crippen molar-refractivity contribution in [1.82, 2.24) is 5.32 Å². The van der Waals surface area contributed by atoms with Crippen LogP contribution in [0.1, 0.15) is 25.3 Å². The van der Waals surface area contributed by atoms with E-state index in [4.69, 9.17) is 4.74 Å². The van der Waals surface area contributed by atoms with E-state index in [1.165, 1.54) is 24.1 Å². The van der Waals surface area contributed by atoms with E-state index in [0.29, 0.717) is 18.7 Å². The minimum absolute atomic E-state index is 0.0763. The van der Waals surface area contributed by atoms with Gasteiger partial charge >= 0.3 is 0 Å². The highest BCUT2D eigenvalue weighted by Crippen LogP contribution is 2.30. The van der Waals surface area contributed by atoms with Crippen LogP contribution in [-0.4, -0.2) is 43.1 Å². The summed E-state index contributed by atoms with van der Waals surface area (Å²) in [5.41, 5.74) is 2.56. The molecule has 1 aliphatic carbocycles. The topological polar surface area (TPSA) is 44.7 Å². The average molecular weight is 355 g/mol. The molecule has 1 saturated heterocycles. The average Bonchev–Trinajstić information content (AvgIpc) is 3.31. The fraction of sp³-hybridized carbons (Fsp3) is 0.625. The van der Waals surface area contributed by atoms with Gasteiger partial charge in [-0.25, -0.2) is 0 Å². The number of hydrogen-bond donors (Lipinski definition) is 2. The predicted octanol–water partition coefficient (Wildman–Crippen LogP) is 2.29. The van der Waals surface area contributed by atoms with E-state index in [2.05, 4.69) is 51.3 Å². The van der Waals surface area contributed by atoms with E-state index in [9.17, 15) is 5.11 Å². The fourth-order valence-electron chi connectivity index (χ4n) is 2.76. The number of aliphatic hydroxyl groups excluding tert-OH is 1. The lowest BCUT2D eigenvalue weighted by molar-refractivity contribution is -0.0103. The van der Waals surface area contributed by atoms with Crippen LogP contribution >= 0.6 is 15.9 Å². The number of rotatable bonds is 5. The van der Waals surface area contributed by atoms with Crippen molar-refractivity contribution < 1.29 is 9.84 Å². The monoisotopic (exact) mass is 354 g/mol. The minimum atomic E-state index is -0.0931. The molecule has 2 aliphatic rings. The van der Waals surface area contributed by atoms with Gasteiger partial charge in [0, 0.05) is 35.3 Å². The van der Waals surface area contributed by atoms with Crippen molar-refractivity contribution in [2.24, 2.45) is 0 Å². The standard InChI is InChI=1S/C16H23BrN2O2/c1-11-10-21-15(9-20)8-19(11)16-6-13(17)3-2-12(16)7-18-14-4-5-14/h2-3,6,11,14-15,18,20H,4-5,7-10H2,1H3. The Morgan fingerprint density at radius 1 is 1.43 bits per heavy atom. The van der Waals surface area contributed by atoms with Crippen molar-refractivity contribution in [3.8, 4) is 0 Å². The molecule has 21 heavy (non-hydrogen) atoms. The first-order valence-electron chi connectivity index (χ1n) is 7.68. The van der Waals surface area contributed by atoms with E-state index in [1.807, 2.05) is 0 Å². The summed E-state index contributed by atoms with van der Waals surface area (Å²) in [6.07, 6.45) is 2.50. The van der Waals surface area contributed by atoms with Gasteiger partial charge < -0.3 is 20.1 Å². The third-order valence-corrected chi connectivity index (χ3v) is 4.72. The van der Waals surface area contributed by atoms with Crippen LogP contribution in [0.25, 0.3) is 0 Å². The molecule has 1 aromatic carbocycles. The van der Waals surface area contributed by atoms with Crippen LogP contribution in [0.5, 0.6) is 0 Å². The Hall–Kier alpha value is -0.620. The largest absolute Gasteiger partial charge is 0.394 e. The lowest BCUT2D eigenvalue weighted by Crippen LogP contribution is -2.50. The van der Waals surface area contributed by atoms with E-state index in [-0.39, 0.29) is 12.7 Å². The van der Waals surface area contributed by atoms with Crippen molar-refractivity contribution >= 4 is 21.6 Å². The number of benzene rings is 1. The van der Waals surface area contributed by atoms with Crippen molar-refractivity contribution in [2.45, 2.75) is 44.5 Å². The Balaban J connectivity index is 1.81. The zero-order valence-electron chi connectivity index (χ0n) is 12.4. The van der Waals surface area contributed by atoms with Crippen LogP contribution in [0.3, 0.4) is 0 Å². The van der Waals surface area contributed by atoms with Gasteiger partial charge in [-0.2, -0.15) is 0 Å². The normalized spacial score (nSPS) is 26.1. The van der Waals surface area contributed by atoms with E-state index < -0.39 is 0 Å². The van der Waals surface area contributed by atoms with Crippen molar-refractivity contribution in [1.29, 1.82) is 0 Å². The van der Waals surface area contributed by atoms with Gasteiger partial charge in [-0.05, 0) is 37.5 Å². The van der Waals surface area contributed by atoms with Gasteiger partial charge in [0.25, 0.3) is 0 Å². The summed E-state index contributed by atoms with van der Waals surface area (Å²) in [7, 11) is 0. The highest BCUT2D eigenvalue weighted by atomic mass is 79.9. The molecule has 2 fully saturated rings. The molecule has 116 valence electrons. The maximum atomic E-state index is 9.38. The van der Waals surface area contributed by atoms with Crippen LogP contribution in [0.15, 0.2) is 22.7 Å². The molecular formula is C16H23BrN2O2. The molecule has 0 amide bonds. The Labute approximate surface area is 134 Å². The summed E-state index contributed by atoms with van der Waals surface area (Å²) < 4.78 is 6.74. The molecular weight excluding hydrogens is 332 g/mol. The highest BCUT2D eigenvalue weighted by Gasteiger charge is 2.28. The third kappa shape index (κ3) is 3.77. The molecule has 3 rings (SSSR count). The Morgan fingerprint density at radius 3 is 2.95 bits per heavy atom. The number of halogens is 1. The molecule has 1 heterocycles. The van der Waals surface area contributed by atoms with Crippen molar-refractivity contribution in [2.75, 3.05) is 24.7 Å². The molecule has 0 radical (unpaired) electrons. The molecule has 1 aliphatic heterocycles. The number of hydrogen-bond acceptors (Lipinski definition) is 4. The van der Waals surface area contributed by atoms with Crippen molar-refractivity contribution in [3.63, 3.8) is 0 Å². The van der Waals surface area contributed by atoms with Crippen LogP contribution in [-0.2, 0) is 11.3 Å². The summed E-state index contributed by atoms with van der Waals surface area (Å²) in [5, 5.41) is 13.0. The number of anilines is 1. The van der Waals surface area contributed by atoms with E-state index in [1.54, 1.807) is 0 Å². The molecule has 0 spiro atoms. The molecule has 4 nitrogen and oxygen atoms in total. The fourth-order valence-corrected chi connectivity index (χ4v) is 3.11. The maximum absolute atomic E-state index is 9.38. The van der Waals surface area contributed by atoms with Crippen molar-refractivity contribution in [3.05, 3.63) is 28.2 Å². The van der Waals surface area contributed by atoms with Gasteiger partial charge in [0.2, 0.25) is 0 Å².